The number of anilines is 2. The molecule has 0 saturated carbocycles. The Hall–Kier alpha value is -4.86. The fraction of sp³-hybridized carbons (Fsp3) is 0.0833. The number of para-hydroxylation sites is 2. The van der Waals surface area contributed by atoms with Crippen LogP contribution in [0.15, 0.2) is 72.4 Å². The predicted molar refractivity (Wildman–Crippen MR) is 122 cm³/mol. The second-order valence-electron chi connectivity index (χ2n) is 7.36. The van der Waals surface area contributed by atoms with Crippen molar-refractivity contribution >= 4 is 34.4 Å². The number of carbonyl (C=O) groups excluding carboxylic acids is 2. The summed E-state index contributed by atoms with van der Waals surface area (Å²) in [5.41, 5.74) is 1.09. The van der Waals surface area contributed by atoms with Crippen LogP contribution in [0, 0.1) is 10.1 Å². The van der Waals surface area contributed by atoms with Crippen LogP contribution in [0.1, 0.15) is 5.56 Å². The number of nitro benzene ring substituents is 1. The molecule has 10 heteroatoms. The molecular weight excluding hydrogens is 442 g/mol. The number of nitrogens with zero attached hydrogens (tertiary/aromatic N) is 2. The molecule has 170 valence electrons. The zero-order valence-electron chi connectivity index (χ0n) is 17.8. The lowest BCUT2D eigenvalue weighted by atomic mass is 10.0. The summed E-state index contributed by atoms with van der Waals surface area (Å²) < 4.78 is 16.1. The third-order valence-corrected chi connectivity index (χ3v) is 5.42. The molecule has 2 heterocycles. The van der Waals surface area contributed by atoms with Crippen molar-refractivity contribution in [2.24, 2.45) is 0 Å². The molecule has 0 radical (unpaired) electrons. The van der Waals surface area contributed by atoms with Crippen molar-refractivity contribution in [1.29, 1.82) is 0 Å². The number of rotatable bonds is 6. The molecule has 0 unspecified atom stereocenters. The zero-order valence-corrected chi connectivity index (χ0v) is 17.8. The Labute approximate surface area is 193 Å². The highest BCUT2D eigenvalue weighted by Crippen LogP contribution is 2.39. The Bertz CT molecular complexity index is 1370. The van der Waals surface area contributed by atoms with E-state index in [1.165, 1.54) is 31.4 Å². The van der Waals surface area contributed by atoms with Gasteiger partial charge in [-0.05, 0) is 42.0 Å². The molecule has 0 aromatic heterocycles. The number of amides is 2. The molecule has 2 aliphatic heterocycles. The Kier molecular flexibility index (Phi) is 5.09. The van der Waals surface area contributed by atoms with Crippen LogP contribution in [0.2, 0.25) is 0 Å². The van der Waals surface area contributed by atoms with Gasteiger partial charge in [-0.2, -0.15) is 0 Å². The van der Waals surface area contributed by atoms with Gasteiger partial charge in [0.1, 0.15) is 11.4 Å². The predicted octanol–water partition coefficient (Wildman–Crippen LogP) is 3.73. The normalized spacial score (nSPS) is 14.6. The fourth-order valence-corrected chi connectivity index (χ4v) is 3.82. The van der Waals surface area contributed by atoms with Crippen LogP contribution >= 0.6 is 0 Å². The molecule has 0 bridgehead atoms. The molecule has 0 atom stereocenters. The van der Waals surface area contributed by atoms with Crippen molar-refractivity contribution in [3.05, 3.63) is 88.1 Å². The Balaban J connectivity index is 1.61. The lowest BCUT2D eigenvalue weighted by Crippen LogP contribution is -2.32. The van der Waals surface area contributed by atoms with Gasteiger partial charge in [0.05, 0.1) is 23.3 Å². The van der Waals surface area contributed by atoms with E-state index in [9.17, 15) is 19.7 Å². The highest BCUT2D eigenvalue weighted by atomic mass is 16.7. The average molecular weight is 459 g/mol. The van der Waals surface area contributed by atoms with Crippen molar-refractivity contribution < 1.29 is 28.7 Å². The minimum absolute atomic E-state index is 0.0172. The SMILES string of the molecule is COc1ccccc1N1C(=O)C(Nc2ccc3c(c2)OCO3)=C(c2ccc([N+](=O)[O-])cc2)C1=O. The standard InChI is InChI=1S/C24H17N3O7/c1-32-18-5-3-2-4-17(18)26-23(28)21(14-6-9-16(10-7-14)27(30)31)22(24(26)29)25-15-8-11-19-20(12-15)34-13-33-19/h2-12,25H,13H2,1H3. The van der Waals surface area contributed by atoms with E-state index in [0.29, 0.717) is 28.5 Å². The zero-order chi connectivity index (χ0) is 23.8. The first-order chi connectivity index (χ1) is 16.5. The number of ether oxygens (including phenoxy) is 3. The lowest BCUT2D eigenvalue weighted by molar-refractivity contribution is -0.384. The van der Waals surface area contributed by atoms with Crippen LogP contribution in [-0.2, 0) is 9.59 Å². The summed E-state index contributed by atoms with van der Waals surface area (Å²) in [6.07, 6.45) is 0. The van der Waals surface area contributed by atoms with Crippen LogP contribution in [-0.4, -0.2) is 30.6 Å². The number of imide groups is 1. The summed E-state index contributed by atoms with van der Waals surface area (Å²) in [6, 6.07) is 17.1. The highest BCUT2D eigenvalue weighted by Gasteiger charge is 2.41. The van der Waals surface area contributed by atoms with E-state index in [1.54, 1.807) is 42.5 Å². The van der Waals surface area contributed by atoms with E-state index in [2.05, 4.69) is 5.32 Å². The molecule has 0 saturated heterocycles. The molecule has 1 N–H and O–H groups in total. The minimum atomic E-state index is -0.597. The third kappa shape index (κ3) is 3.47. The third-order valence-electron chi connectivity index (χ3n) is 5.42. The fourth-order valence-electron chi connectivity index (χ4n) is 3.82. The topological polar surface area (TPSA) is 120 Å². The Morgan fingerprint density at radius 3 is 2.44 bits per heavy atom. The van der Waals surface area contributed by atoms with Crippen molar-refractivity contribution in [3.63, 3.8) is 0 Å². The van der Waals surface area contributed by atoms with E-state index in [-0.39, 0.29) is 29.4 Å². The van der Waals surface area contributed by atoms with E-state index in [1.807, 2.05) is 0 Å². The molecule has 0 spiro atoms. The van der Waals surface area contributed by atoms with E-state index in [0.717, 1.165) is 4.90 Å². The average Bonchev–Trinajstić information content (AvgIpc) is 3.41. The van der Waals surface area contributed by atoms with Gasteiger partial charge < -0.3 is 19.5 Å². The van der Waals surface area contributed by atoms with Gasteiger partial charge in [0.2, 0.25) is 6.79 Å². The quantitative estimate of drug-likeness (QED) is 0.336. The van der Waals surface area contributed by atoms with Crippen molar-refractivity contribution in [2.45, 2.75) is 0 Å². The first-order valence-electron chi connectivity index (χ1n) is 10.2. The highest BCUT2D eigenvalue weighted by molar-refractivity contribution is 6.46. The minimum Gasteiger partial charge on any atom is -0.495 e. The smallest absolute Gasteiger partial charge is 0.282 e. The second-order valence-corrected chi connectivity index (χ2v) is 7.36. The largest absolute Gasteiger partial charge is 0.495 e. The van der Waals surface area contributed by atoms with Crippen LogP contribution in [0.25, 0.3) is 5.57 Å². The number of methoxy groups -OCH3 is 1. The summed E-state index contributed by atoms with van der Waals surface area (Å²) in [4.78, 5) is 38.7. The van der Waals surface area contributed by atoms with Gasteiger partial charge in [0.25, 0.3) is 17.5 Å². The molecule has 5 rings (SSSR count). The van der Waals surface area contributed by atoms with Gasteiger partial charge in [0.15, 0.2) is 11.5 Å². The molecule has 3 aromatic carbocycles. The summed E-state index contributed by atoms with van der Waals surface area (Å²) in [5.74, 6) is 0.226. The molecule has 3 aromatic rings. The summed E-state index contributed by atoms with van der Waals surface area (Å²) >= 11 is 0. The van der Waals surface area contributed by atoms with E-state index < -0.39 is 16.7 Å². The number of hydrogen-bond acceptors (Lipinski definition) is 8. The van der Waals surface area contributed by atoms with Crippen molar-refractivity contribution in [2.75, 3.05) is 24.1 Å². The van der Waals surface area contributed by atoms with Gasteiger partial charge in [-0.25, -0.2) is 4.90 Å². The van der Waals surface area contributed by atoms with Crippen LogP contribution in [0.4, 0.5) is 17.1 Å². The molecule has 0 fully saturated rings. The summed E-state index contributed by atoms with van der Waals surface area (Å²) in [6.45, 7) is 0.0918. The molecule has 0 aliphatic carbocycles. The van der Waals surface area contributed by atoms with Gasteiger partial charge in [-0.1, -0.05) is 12.1 Å². The number of fused-ring (bicyclic) bond motifs is 1. The number of non-ortho nitro benzene ring substituents is 1. The van der Waals surface area contributed by atoms with Crippen molar-refractivity contribution in [3.8, 4) is 17.2 Å². The van der Waals surface area contributed by atoms with Gasteiger partial charge in [-0.3, -0.25) is 19.7 Å². The Morgan fingerprint density at radius 1 is 0.971 bits per heavy atom. The summed E-state index contributed by atoms with van der Waals surface area (Å²) in [5, 5.41) is 14.1. The lowest BCUT2D eigenvalue weighted by Gasteiger charge is -2.18. The second kappa shape index (κ2) is 8.24. The maximum atomic E-state index is 13.6. The maximum absolute atomic E-state index is 13.6. The number of nitro groups is 1. The van der Waals surface area contributed by atoms with Crippen LogP contribution < -0.4 is 24.4 Å². The number of hydrogen-bond donors (Lipinski definition) is 1. The molecule has 2 aliphatic rings. The van der Waals surface area contributed by atoms with E-state index >= 15 is 0 Å². The summed E-state index contributed by atoms with van der Waals surface area (Å²) in [7, 11) is 1.44. The van der Waals surface area contributed by atoms with Crippen LogP contribution in [0.3, 0.4) is 0 Å². The van der Waals surface area contributed by atoms with Crippen LogP contribution in [0.5, 0.6) is 17.2 Å². The molecule has 10 nitrogen and oxygen atoms in total. The monoisotopic (exact) mass is 459 g/mol. The van der Waals surface area contributed by atoms with Gasteiger partial charge in [0, 0.05) is 23.9 Å². The van der Waals surface area contributed by atoms with Gasteiger partial charge >= 0.3 is 0 Å². The first kappa shape index (κ1) is 21.0. The molecule has 34 heavy (non-hydrogen) atoms. The number of benzene rings is 3. The number of nitrogens with one attached hydrogen (secondary N) is 1. The molecular formula is C24H17N3O7. The maximum Gasteiger partial charge on any atom is 0.282 e. The van der Waals surface area contributed by atoms with E-state index in [4.69, 9.17) is 14.2 Å². The van der Waals surface area contributed by atoms with Gasteiger partial charge in [-0.15, -0.1) is 0 Å². The number of carbonyl (C=O) groups is 2. The first-order valence-corrected chi connectivity index (χ1v) is 10.2. The van der Waals surface area contributed by atoms with Crippen molar-refractivity contribution in [1.82, 2.24) is 0 Å². The molecule has 2 amide bonds. The Morgan fingerprint density at radius 2 is 1.71 bits per heavy atom.